The largest absolute Gasteiger partial charge is 0.508 e. The van der Waals surface area contributed by atoms with Crippen LogP contribution in [-0.2, 0) is 6.18 Å². The molecule has 2 aromatic carbocycles. The predicted octanol–water partition coefficient (Wildman–Crippen LogP) is 4.62. The third-order valence-electron chi connectivity index (χ3n) is 3.36. The number of aromatic hydroxyl groups is 1. The van der Waals surface area contributed by atoms with Crippen LogP contribution in [0.25, 0.3) is 11.0 Å². The fourth-order valence-corrected chi connectivity index (χ4v) is 2.37. The molecule has 0 fully saturated rings. The zero-order valence-electron chi connectivity index (χ0n) is 12.3. The topological polar surface area (TPSA) is 59.7 Å². The smallest absolute Gasteiger partial charge is 0.453 e. The molecule has 1 N–H and O–H groups in total. The summed E-state index contributed by atoms with van der Waals surface area (Å²) in [5, 5.41) is 9.45. The molecule has 1 aromatic heterocycles. The number of ether oxygens (including phenoxy) is 1. The van der Waals surface area contributed by atoms with E-state index in [2.05, 4.69) is 0 Å². The molecule has 0 bridgehead atoms. The van der Waals surface area contributed by atoms with Gasteiger partial charge in [-0.25, -0.2) is 0 Å². The molecule has 0 saturated heterocycles. The molecule has 1 heterocycles. The first kappa shape index (κ1) is 15.9. The number of hydrogen-bond acceptors (Lipinski definition) is 4. The van der Waals surface area contributed by atoms with E-state index >= 15 is 0 Å². The van der Waals surface area contributed by atoms with Crippen LogP contribution in [0, 0.1) is 6.92 Å². The van der Waals surface area contributed by atoms with Crippen LogP contribution in [0.1, 0.15) is 11.3 Å². The summed E-state index contributed by atoms with van der Waals surface area (Å²) < 4.78 is 49.9. The third kappa shape index (κ3) is 2.80. The van der Waals surface area contributed by atoms with Gasteiger partial charge < -0.3 is 14.3 Å². The number of rotatable bonds is 2. The number of phenolic OH excluding ortho intramolecular Hbond substituents is 1. The maximum Gasteiger partial charge on any atom is 0.453 e. The summed E-state index contributed by atoms with van der Waals surface area (Å²) in [5.74, 6) is -2.71. The van der Waals surface area contributed by atoms with Gasteiger partial charge in [0.2, 0.25) is 11.2 Å². The molecule has 7 heteroatoms. The monoisotopic (exact) mass is 336 g/mol. The van der Waals surface area contributed by atoms with Crippen LogP contribution >= 0.6 is 0 Å². The number of hydrogen-bond donors (Lipinski definition) is 1. The van der Waals surface area contributed by atoms with Gasteiger partial charge in [0.25, 0.3) is 5.76 Å². The lowest BCUT2D eigenvalue weighted by Gasteiger charge is -2.14. The number of halogens is 3. The molecule has 3 aromatic rings. The average molecular weight is 336 g/mol. The molecule has 0 radical (unpaired) electrons. The minimum absolute atomic E-state index is 0.0751. The fraction of sp³-hybridized carbons (Fsp3) is 0.118. The molecule has 4 nitrogen and oxygen atoms in total. The first-order valence-corrected chi connectivity index (χ1v) is 6.88. The molecular weight excluding hydrogens is 325 g/mol. The Morgan fingerprint density at radius 3 is 2.42 bits per heavy atom. The van der Waals surface area contributed by atoms with Crippen LogP contribution in [0.15, 0.2) is 51.7 Å². The van der Waals surface area contributed by atoms with E-state index in [1.54, 1.807) is 18.2 Å². The summed E-state index contributed by atoms with van der Waals surface area (Å²) in [6, 6.07) is 9.86. The van der Waals surface area contributed by atoms with Crippen LogP contribution in [0.3, 0.4) is 0 Å². The van der Waals surface area contributed by atoms with E-state index in [4.69, 9.17) is 9.15 Å². The van der Waals surface area contributed by atoms with Gasteiger partial charge in [-0.05, 0) is 30.7 Å². The van der Waals surface area contributed by atoms with Crippen molar-refractivity contribution < 1.29 is 27.4 Å². The van der Waals surface area contributed by atoms with Crippen molar-refractivity contribution in [1.82, 2.24) is 0 Å². The molecule has 0 aliphatic carbocycles. The molecule has 0 amide bonds. The Hall–Kier alpha value is -2.96. The van der Waals surface area contributed by atoms with Gasteiger partial charge >= 0.3 is 6.18 Å². The molecule has 0 unspecified atom stereocenters. The molecule has 0 saturated carbocycles. The van der Waals surface area contributed by atoms with Crippen molar-refractivity contribution in [3.63, 3.8) is 0 Å². The van der Waals surface area contributed by atoms with E-state index in [1.165, 1.54) is 25.1 Å². The molecule has 0 atom stereocenters. The lowest BCUT2D eigenvalue weighted by atomic mass is 10.1. The van der Waals surface area contributed by atoms with Gasteiger partial charge in [-0.1, -0.05) is 18.2 Å². The number of para-hydroxylation sites is 1. The summed E-state index contributed by atoms with van der Waals surface area (Å²) in [6.07, 6.45) is -4.93. The highest BCUT2D eigenvalue weighted by Crippen LogP contribution is 2.39. The second-order valence-electron chi connectivity index (χ2n) is 5.14. The number of benzene rings is 2. The fourth-order valence-electron chi connectivity index (χ4n) is 2.37. The Morgan fingerprint density at radius 1 is 1.12 bits per heavy atom. The first-order valence-electron chi connectivity index (χ1n) is 6.88. The van der Waals surface area contributed by atoms with Gasteiger partial charge in [-0.3, -0.25) is 4.79 Å². The van der Waals surface area contributed by atoms with Crippen molar-refractivity contribution in [3.05, 3.63) is 64.0 Å². The van der Waals surface area contributed by atoms with Crippen molar-refractivity contribution in [2.45, 2.75) is 13.1 Å². The quantitative estimate of drug-likeness (QED) is 0.742. The van der Waals surface area contributed by atoms with Gasteiger partial charge in [-0.15, -0.1) is 0 Å². The van der Waals surface area contributed by atoms with Crippen LogP contribution < -0.4 is 10.2 Å². The standard InChI is InChI=1S/C17H11F3O4/c1-9-7-10(21)8-12-13(9)14(22)15(16(24-12)17(18,19)20)23-11-5-3-2-4-6-11/h2-8,21H,1H3. The third-order valence-corrected chi connectivity index (χ3v) is 3.36. The Morgan fingerprint density at radius 2 is 1.79 bits per heavy atom. The van der Waals surface area contributed by atoms with E-state index in [-0.39, 0.29) is 28.0 Å². The van der Waals surface area contributed by atoms with Crippen LogP contribution in [0.2, 0.25) is 0 Å². The van der Waals surface area contributed by atoms with Crippen molar-refractivity contribution in [2.24, 2.45) is 0 Å². The highest BCUT2D eigenvalue weighted by Gasteiger charge is 2.40. The Balaban J connectivity index is 2.33. The maximum atomic E-state index is 13.3. The van der Waals surface area contributed by atoms with Crippen LogP contribution in [-0.4, -0.2) is 5.11 Å². The second kappa shape index (κ2) is 5.59. The number of fused-ring (bicyclic) bond motifs is 1. The van der Waals surface area contributed by atoms with E-state index in [9.17, 15) is 23.1 Å². The molecule has 24 heavy (non-hydrogen) atoms. The maximum absolute atomic E-state index is 13.3. The summed E-state index contributed by atoms with van der Waals surface area (Å²) in [4.78, 5) is 12.6. The van der Waals surface area contributed by atoms with Crippen LogP contribution in [0.5, 0.6) is 17.2 Å². The van der Waals surface area contributed by atoms with Gasteiger partial charge in [-0.2, -0.15) is 13.2 Å². The SMILES string of the molecule is Cc1cc(O)cc2oc(C(F)(F)F)c(Oc3ccccc3)c(=O)c12. The molecule has 0 aliphatic heterocycles. The Labute approximate surface area is 133 Å². The zero-order chi connectivity index (χ0) is 17.5. The van der Waals surface area contributed by atoms with E-state index < -0.39 is 23.1 Å². The van der Waals surface area contributed by atoms with Crippen molar-refractivity contribution >= 4 is 11.0 Å². The number of phenols is 1. The van der Waals surface area contributed by atoms with Gasteiger partial charge in [0.05, 0.1) is 5.39 Å². The van der Waals surface area contributed by atoms with E-state index in [0.29, 0.717) is 0 Å². The summed E-state index contributed by atoms with van der Waals surface area (Å²) >= 11 is 0. The normalized spacial score (nSPS) is 11.7. The van der Waals surface area contributed by atoms with Crippen molar-refractivity contribution in [1.29, 1.82) is 0 Å². The van der Waals surface area contributed by atoms with Crippen LogP contribution in [0.4, 0.5) is 13.2 Å². The minimum atomic E-state index is -4.93. The molecule has 3 rings (SSSR count). The average Bonchev–Trinajstić information content (AvgIpc) is 2.49. The predicted molar refractivity (Wildman–Crippen MR) is 80.4 cm³/mol. The van der Waals surface area contributed by atoms with E-state index in [0.717, 1.165) is 6.07 Å². The summed E-state index contributed by atoms with van der Waals surface area (Å²) in [6.45, 7) is 1.48. The zero-order valence-corrected chi connectivity index (χ0v) is 12.3. The highest BCUT2D eigenvalue weighted by atomic mass is 19.4. The molecule has 0 spiro atoms. The lowest BCUT2D eigenvalue weighted by molar-refractivity contribution is -0.154. The number of aryl methyl sites for hydroxylation is 1. The van der Waals surface area contributed by atoms with Gasteiger partial charge in [0.15, 0.2) is 0 Å². The van der Waals surface area contributed by atoms with Gasteiger partial charge in [0, 0.05) is 6.07 Å². The Bertz CT molecular complexity index is 959. The molecule has 124 valence electrons. The molecular formula is C17H11F3O4. The summed E-state index contributed by atoms with van der Waals surface area (Å²) in [7, 11) is 0. The molecule has 0 aliphatic rings. The lowest BCUT2D eigenvalue weighted by Crippen LogP contribution is -2.16. The van der Waals surface area contributed by atoms with Crippen molar-refractivity contribution in [3.8, 4) is 17.2 Å². The minimum Gasteiger partial charge on any atom is -0.508 e. The highest BCUT2D eigenvalue weighted by molar-refractivity contribution is 5.83. The van der Waals surface area contributed by atoms with E-state index in [1.807, 2.05) is 0 Å². The summed E-state index contributed by atoms with van der Waals surface area (Å²) in [5.41, 5.74) is -1.03. The second-order valence-corrected chi connectivity index (χ2v) is 5.14. The Kier molecular flexibility index (Phi) is 3.71. The number of alkyl halides is 3. The van der Waals surface area contributed by atoms with Gasteiger partial charge in [0.1, 0.15) is 17.1 Å². The van der Waals surface area contributed by atoms with Crippen molar-refractivity contribution in [2.75, 3.05) is 0 Å². The first-order chi connectivity index (χ1) is 11.3.